The van der Waals surface area contributed by atoms with Crippen molar-refractivity contribution in [2.75, 3.05) is 12.0 Å². The number of hydrogen-bond donors (Lipinski definition) is 2. The standard InChI is InChI=1S/C32H25N3O5S/c1-38-23-12-14-25(15-13-23)39-24-10-8-22(9-11-24)35-30(29(34-32(35)41)26-7-2-3-18-33-26)28-17-16-27(40-28)20-5-4-6-21(19-20)31(36)37/h2-19,29-30H,1H3,(H,34,41)(H,36,37)/t29-,30-/m1/s1. The molecule has 0 amide bonds. The molecule has 41 heavy (non-hydrogen) atoms. The van der Waals surface area contributed by atoms with Gasteiger partial charge in [0.1, 0.15) is 34.8 Å². The third kappa shape index (κ3) is 5.35. The van der Waals surface area contributed by atoms with Gasteiger partial charge in [-0.15, -0.1) is 0 Å². The maximum absolute atomic E-state index is 11.5. The fraction of sp³-hybridized carbons (Fsp3) is 0.0938. The van der Waals surface area contributed by atoms with E-state index in [9.17, 15) is 9.90 Å². The highest BCUT2D eigenvalue weighted by atomic mass is 32.1. The van der Waals surface area contributed by atoms with Gasteiger partial charge in [-0.3, -0.25) is 4.98 Å². The second-order valence-corrected chi connectivity index (χ2v) is 9.74. The van der Waals surface area contributed by atoms with Gasteiger partial charge in [-0.1, -0.05) is 18.2 Å². The van der Waals surface area contributed by atoms with E-state index in [0.717, 1.165) is 17.1 Å². The average molecular weight is 564 g/mol. The Hall–Kier alpha value is -5.15. The summed E-state index contributed by atoms with van der Waals surface area (Å²) in [6.45, 7) is 0. The molecule has 1 fully saturated rings. The Morgan fingerprint density at radius 2 is 1.66 bits per heavy atom. The lowest BCUT2D eigenvalue weighted by Crippen LogP contribution is -2.29. The molecular formula is C32H25N3O5S. The van der Waals surface area contributed by atoms with Crippen LogP contribution in [0.1, 0.15) is 33.9 Å². The molecule has 0 spiro atoms. The molecular weight excluding hydrogens is 538 g/mol. The Kier molecular flexibility index (Phi) is 7.09. The number of methoxy groups -OCH3 is 1. The topological polar surface area (TPSA) is 97.1 Å². The number of anilines is 1. The number of nitrogens with one attached hydrogen (secondary N) is 1. The van der Waals surface area contributed by atoms with Gasteiger partial charge in [-0.05, 0) is 97.1 Å². The summed E-state index contributed by atoms with van der Waals surface area (Å²) in [4.78, 5) is 18.1. The van der Waals surface area contributed by atoms with Gasteiger partial charge in [-0.25, -0.2) is 4.79 Å². The first-order chi connectivity index (χ1) is 20.0. The van der Waals surface area contributed by atoms with Crippen molar-refractivity contribution in [1.29, 1.82) is 0 Å². The van der Waals surface area contributed by atoms with Gasteiger partial charge in [-0.2, -0.15) is 0 Å². The van der Waals surface area contributed by atoms with Crippen molar-refractivity contribution in [2.24, 2.45) is 0 Å². The first-order valence-corrected chi connectivity index (χ1v) is 13.3. The largest absolute Gasteiger partial charge is 0.497 e. The number of aromatic carboxylic acids is 1. The van der Waals surface area contributed by atoms with Gasteiger partial charge >= 0.3 is 5.97 Å². The van der Waals surface area contributed by atoms with Crippen molar-refractivity contribution >= 4 is 29.0 Å². The van der Waals surface area contributed by atoms with Crippen LogP contribution in [0.5, 0.6) is 17.2 Å². The van der Waals surface area contributed by atoms with Crippen LogP contribution in [0.4, 0.5) is 5.69 Å². The van der Waals surface area contributed by atoms with Crippen LogP contribution in [0, 0.1) is 0 Å². The normalized spacial score (nSPS) is 16.3. The molecule has 9 heteroatoms. The van der Waals surface area contributed by atoms with E-state index in [1.807, 2.05) is 89.8 Å². The molecule has 3 heterocycles. The number of rotatable bonds is 8. The molecule has 0 saturated carbocycles. The first-order valence-electron chi connectivity index (χ1n) is 12.9. The van der Waals surface area contributed by atoms with Crippen LogP contribution >= 0.6 is 12.2 Å². The maximum Gasteiger partial charge on any atom is 0.335 e. The fourth-order valence-corrected chi connectivity index (χ4v) is 5.19. The van der Waals surface area contributed by atoms with Gasteiger partial charge in [0.05, 0.1) is 24.4 Å². The summed E-state index contributed by atoms with van der Waals surface area (Å²) in [6.07, 6.45) is 1.75. The molecule has 2 aromatic heterocycles. The Labute approximate surface area is 241 Å². The van der Waals surface area contributed by atoms with Crippen molar-refractivity contribution in [1.82, 2.24) is 10.3 Å². The molecule has 1 saturated heterocycles. The zero-order valence-corrected chi connectivity index (χ0v) is 22.7. The number of carboxylic acids is 1. The van der Waals surface area contributed by atoms with E-state index in [2.05, 4.69) is 10.3 Å². The Morgan fingerprint density at radius 3 is 2.34 bits per heavy atom. The molecule has 6 rings (SSSR count). The number of hydrogen-bond acceptors (Lipinski definition) is 6. The van der Waals surface area contributed by atoms with Crippen LogP contribution in [0.15, 0.2) is 114 Å². The van der Waals surface area contributed by atoms with Gasteiger partial charge in [0.25, 0.3) is 0 Å². The lowest BCUT2D eigenvalue weighted by atomic mass is 10.0. The summed E-state index contributed by atoms with van der Waals surface area (Å²) in [5.74, 6) is 2.34. The van der Waals surface area contributed by atoms with E-state index >= 15 is 0 Å². The molecule has 0 radical (unpaired) electrons. The highest BCUT2D eigenvalue weighted by Gasteiger charge is 2.42. The van der Waals surface area contributed by atoms with E-state index in [1.165, 1.54) is 0 Å². The summed E-state index contributed by atoms with van der Waals surface area (Å²) in [5, 5.41) is 13.4. The number of carbonyl (C=O) groups is 1. The van der Waals surface area contributed by atoms with Crippen LogP contribution in [0.2, 0.25) is 0 Å². The molecule has 0 bridgehead atoms. The predicted molar refractivity (Wildman–Crippen MR) is 159 cm³/mol. The molecule has 1 aliphatic heterocycles. The SMILES string of the molecule is COc1ccc(Oc2ccc(N3C(=S)N[C@H](c4ccccn4)[C@H]3c3ccc(-c4cccc(C(=O)O)c4)o3)cc2)cc1. The molecule has 1 aliphatic rings. The minimum absolute atomic E-state index is 0.189. The lowest BCUT2D eigenvalue weighted by molar-refractivity contribution is 0.0697. The second kappa shape index (κ2) is 11.1. The zero-order valence-electron chi connectivity index (χ0n) is 21.9. The third-order valence-corrected chi connectivity index (χ3v) is 7.14. The number of aromatic nitrogens is 1. The van der Waals surface area contributed by atoms with Gasteiger partial charge < -0.3 is 29.2 Å². The molecule has 204 valence electrons. The van der Waals surface area contributed by atoms with Gasteiger partial charge in [0.2, 0.25) is 0 Å². The van der Waals surface area contributed by atoms with E-state index in [0.29, 0.717) is 33.7 Å². The smallest absolute Gasteiger partial charge is 0.335 e. The van der Waals surface area contributed by atoms with Crippen LogP contribution in [0.3, 0.4) is 0 Å². The number of furan rings is 1. The average Bonchev–Trinajstić information content (AvgIpc) is 3.63. The molecule has 2 N–H and O–H groups in total. The summed E-state index contributed by atoms with van der Waals surface area (Å²) in [7, 11) is 1.62. The lowest BCUT2D eigenvalue weighted by Gasteiger charge is -2.26. The zero-order chi connectivity index (χ0) is 28.3. The van der Waals surface area contributed by atoms with E-state index in [-0.39, 0.29) is 17.6 Å². The highest BCUT2D eigenvalue weighted by molar-refractivity contribution is 7.80. The minimum Gasteiger partial charge on any atom is -0.497 e. The van der Waals surface area contributed by atoms with Crippen LogP contribution in [0.25, 0.3) is 11.3 Å². The van der Waals surface area contributed by atoms with Crippen LogP contribution in [-0.4, -0.2) is 28.3 Å². The second-order valence-electron chi connectivity index (χ2n) is 9.36. The van der Waals surface area contributed by atoms with Crippen molar-refractivity contribution in [2.45, 2.75) is 12.1 Å². The number of nitrogens with zero attached hydrogens (tertiary/aromatic N) is 2. The fourth-order valence-electron chi connectivity index (χ4n) is 4.85. The molecule has 0 aliphatic carbocycles. The Morgan fingerprint density at radius 1 is 0.927 bits per heavy atom. The number of carboxylic acid groups (broad SMARTS) is 1. The Bertz CT molecular complexity index is 1690. The van der Waals surface area contributed by atoms with Crippen LogP contribution in [-0.2, 0) is 0 Å². The summed E-state index contributed by atoms with van der Waals surface area (Å²) < 4.78 is 17.6. The highest BCUT2D eigenvalue weighted by Crippen LogP contribution is 2.43. The number of ether oxygens (including phenoxy) is 2. The molecule has 2 atom stereocenters. The monoisotopic (exact) mass is 563 g/mol. The van der Waals surface area contributed by atoms with Gasteiger partial charge in [0, 0.05) is 17.4 Å². The number of thiocarbonyl (C=S) groups is 1. The molecule has 8 nitrogen and oxygen atoms in total. The molecule has 5 aromatic rings. The first kappa shape index (κ1) is 26.1. The van der Waals surface area contributed by atoms with Crippen molar-refractivity contribution in [3.8, 4) is 28.6 Å². The van der Waals surface area contributed by atoms with E-state index in [4.69, 9.17) is 26.1 Å². The van der Waals surface area contributed by atoms with Gasteiger partial charge in [0.15, 0.2) is 5.11 Å². The van der Waals surface area contributed by atoms with E-state index < -0.39 is 5.97 Å². The quantitative estimate of drug-likeness (QED) is 0.193. The number of benzene rings is 3. The summed E-state index contributed by atoms with van der Waals surface area (Å²) in [5.41, 5.74) is 2.52. The molecule has 3 aromatic carbocycles. The van der Waals surface area contributed by atoms with Crippen molar-refractivity contribution < 1.29 is 23.8 Å². The van der Waals surface area contributed by atoms with Crippen molar-refractivity contribution in [3.05, 3.63) is 126 Å². The van der Waals surface area contributed by atoms with E-state index in [1.54, 1.807) is 31.5 Å². The Balaban J connectivity index is 1.33. The minimum atomic E-state index is -0.996. The summed E-state index contributed by atoms with van der Waals surface area (Å²) in [6, 6.07) is 30.6. The maximum atomic E-state index is 11.5. The predicted octanol–water partition coefficient (Wildman–Crippen LogP) is 7.02. The summed E-state index contributed by atoms with van der Waals surface area (Å²) >= 11 is 5.82. The molecule has 0 unspecified atom stereocenters. The van der Waals surface area contributed by atoms with Crippen LogP contribution < -0.4 is 19.7 Å². The number of pyridine rings is 1. The van der Waals surface area contributed by atoms with Crippen molar-refractivity contribution in [3.63, 3.8) is 0 Å². The third-order valence-electron chi connectivity index (χ3n) is 6.82.